The Morgan fingerprint density at radius 1 is 1.06 bits per heavy atom. The number of aliphatic hydroxyl groups excluding tert-OH is 1. The zero-order chi connectivity index (χ0) is 24.6. The van der Waals surface area contributed by atoms with Gasteiger partial charge in [0.1, 0.15) is 11.6 Å². The zero-order valence-corrected chi connectivity index (χ0v) is 17.2. The number of aromatic hydroxyl groups is 1. The highest BCUT2D eigenvalue weighted by Gasteiger charge is 2.47. The van der Waals surface area contributed by atoms with Gasteiger partial charge in [0, 0.05) is 17.3 Å². The van der Waals surface area contributed by atoms with Gasteiger partial charge in [0.15, 0.2) is 5.75 Å². The van der Waals surface area contributed by atoms with Gasteiger partial charge in [0.2, 0.25) is 0 Å². The van der Waals surface area contributed by atoms with E-state index in [1.165, 1.54) is 42.5 Å². The average molecular weight is 459 g/mol. The normalized spacial score (nSPS) is 16.9. The van der Waals surface area contributed by atoms with Crippen molar-refractivity contribution < 1.29 is 29.1 Å². The Kier molecular flexibility index (Phi) is 5.53. The SMILES string of the molecule is N#Cc1ccc(N2C(=O)C(=O)/C(=C(\O)c3ccc(F)cc3)C2c2ccc(O)c([N+](=O)[O-])c2)cc1. The van der Waals surface area contributed by atoms with E-state index in [-0.39, 0.29) is 22.4 Å². The highest BCUT2D eigenvalue weighted by Crippen LogP contribution is 2.43. The fourth-order valence-electron chi connectivity index (χ4n) is 3.73. The number of nitro groups is 1. The van der Waals surface area contributed by atoms with E-state index in [4.69, 9.17) is 5.26 Å². The summed E-state index contributed by atoms with van der Waals surface area (Å²) in [4.78, 5) is 37.7. The molecule has 1 aliphatic rings. The second-order valence-electron chi connectivity index (χ2n) is 7.34. The quantitative estimate of drug-likeness (QED) is 0.198. The number of hydrogen-bond acceptors (Lipinski definition) is 7. The van der Waals surface area contributed by atoms with Crippen molar-refractivity contribution in [1.29, 1.82) is 5.26 Å². The molecule has 34 heavy (non-hydrogen) atoms. The van der Waals surface area contributed by atoms with Crippen LogP contribution in [0.3, 0.4) is 0 Å². The van der Waals surface area contributed by atoms with Crippen LogP contribution in [-0.2, 0) is 9.59 Å². The number of anilines is 1. The minimum atomic E-state index is -1.31. The Balaban J connectivity index is 1.97. The van der Waals surface area contributed by atoms with Crippen LogP contribution in [0.2, 0.25) is 0 Å². The molecule has 1 amide bonds. The number of amides is 1. The molecule has 0 saturated carbocycles. The third-order valence-electron chi connectivity index (χ3n) is 5.35. The Morgan fingerprint density at radius 3 is 2.29 bits per heavy atom. The van der Waals surface area contributed by atoms with Gasteiger partial charge in [-0.2, -0.15) is 5.26 Å². The van der Waals surface area contributed by atoms with E-state index in [2.05, 4.69) is 0 Å². The smallest absolute Gasteiger partial charge is 0.311 e. The van der Waals surface area contributed by atoms with Gasteiger partial charge in [-0.05, 0) is 60.2 Å². The van der Waals surface area contributed by atoms with Crippen molar-refractivity contribution in [2.24, 2.45) is 0 Å². The lowest BCUT2D eigenvalue weighted by molar-refractivity contribution is -0.385. The lowest BCUT2D eigenvalue weighted by Gasteiger charge is -2.25. The molecule has 4 rings (SSSR count). The summed E-state index contributed by atoms with van der Waals surface area (Å²) in [6.07, 6.45) is 0. The molecular weight excluding hydrogens is 445 g/mol. The van der Waals surface area contributed by atoms with E-state index in [1.807, 2.05) is 6.07 Å². The largest absolute Gasteiger partial charge is 0.507 e. The minimum absolute atomic E-state index is 0.0532. The molecule has 9 nitrogen and oxygen atoms in total. The molecule has 1 aliphatic heterocycles. The van der Waals surface area contributed by atoms with Crippen molar-refractivity contribution in [1.82, 2.24) is 0 Å². The van der Waals surface area contributed by atoms with Gasteiger partial charge in [-0.15, -0.1) is 0 Å². The summed E-state index contributed by atoms with van der Waals surface area (Å²) >= 11 is 0. The zero-order valence-electron chi connectivity index (χ0n) is 17.2. The third kappa shape index (κ3) is 3.71. The Morgan fingerprint density at radius 2 is 1.71 bits per heavy atom. The van der Waals surface area contributed by atoms with E-state index in [9.17, 15) is 34.3 Å². The highest BCUT2D eigenvalue weighted by atomic mass is 19.1. The second-order valence-corrected chi connectivity index (χ2v) is 7.34. The molecule has 0 aromatic heterocycles. The molecule has 2 N–H and O–H groups in total. The van der Waals surface area contributed by atoms with Crippen molar-refractivity contribution in [2.75, 3.05) is 4.90 Å². The lowest BCUT2D eigenvalue weighted by atomic mass is 9.94. The van der Waals surface area contributed by atoms with Crippen molar-refractivity contribution in [3.8, 4) is 11.8 Å². The summed E-state index contributed by atoms with van der Waals surface area (Å²) in [5.41, 5.74) is -0.427. The molecule has 10 heteroatoms. The number of aliphatic hydroxyl groups is 1. The first-order valence-electron chi connectivity index (χ1n) is 9.77. The minimum Gasteiger partial charge on any atom is -0.507 e. The van der Waals surface area contributed by atoms with Crippen LogP contribution < -0.4 is 4.90 Å². The van der Waals surface area contributed by atoms with Crippen LogP contribution in [-0.4, -0.2) is 26.8 Å². The molecule has 0 aliphatic carbocycles. The van der Waals surface area contributed by atoms with Gasteiger partial charge >= 0.3 is 5.69 Å². The van der Waals surface area contributed by atoms with E-state index in [1.54, 1.807) is 0 Å². The maximum absolute atomic E-state index is 13.4. The standard InChI is InChI=1S/C24H14FN3O6/c25-16-6-3-14(4-7-16)22(30)20-21(15-5-10-19(29)18(11-15)28(33)34)27(24(32)23(20)31)17-8-1-13(12-26)2-9-17/h1-11,21,29-30H/b22-20-. The predicted molar refractivity (Wildman–Crippen MR) is 117 cm³/mol. The number of nitro benzene ring substituents is 1. The number of halogens is 1. The first-order chi connectivity index (χ1) is 16.2. The molecule has 1 unspecified atom stereocenters. The van der Waals surface area contributed by atoms with Gasteiger partial charge in [0.25, 0.3) is 11.7 Å². The molecule has 3 aromatic rings. The summed E-state index contributed by atoms with van der Waals surface area (Å²) in [6.45, 7) is 0. The molecule has 1 atom stereocenters. The highest BCUT2D eigenvalue weighted by molar-refractivity contribution is 6.51. The van der Waals surface area contributed by atoms with Crippen LogP contribution in [0.5, 0.6) is 5.75 Å². The van der Waals surface area contributed by atoms with Crippen molar-refractivity contribution in [3.63, 3.8) is 0 Å². The van der Waals surface area contributed by atoms with E-state index in [0.717, 1.165) is 29.2 Å². The first kappa shape index (κ1) is 22.2. The monoisotopic (exact) mass is 459 g/mol. The molecule has 0 spiro atoms. The van der Waals surface area contributed by atoms with Gasteiger partial charge in [-0.1, -0.05) is 6.07 Å². The van der Waals surface area contributed by atoms with E-state index in [0.29, 0.717) is 5.56 Å². The number of ketones is 1. The summed E-state index contributed by atoms with van der Waals surface area (Å²) in [7, 11) is 0. The van der Waals surface area contributed by atoms with E-state index < -0.39 is 45.7 Å². The average Bonchev–Trinajstić information content (AvgIpc) is 3.09. The molecule has 1 saturated heterocycles. The maximum Gasteiger partial charge on any atom is 0.311 e. The number of nitrogens with zero attached hydrogens (tertiary/aromatic N) is 3. The van der Waals surface area contributed by atoms with Gasteiger partial charge in [0.05, 0.1) is 28.2 Å². The van der Waals surface area contributed by atoms with E-state index >= 15 is 0 Å². The Labute approximate surface area is 191 Å². The number of phenolic OH excluding ortho intramolecular Hbond substituents is 1. The number of carbonyl (C=O) groups is 2. The van der Waals surface area contributed by atoms with Crippen LogP contribution in [0, 0.1) is 27.3 Å². The number of Topliss-reactive ketones (excluding diaryl/α,β-unsaturated/α-hetero) is 1. The van der Waals surface area contributed by atoms with Crippen molar-refractivity contribution in [2.45, 2.75) is 6.04 Å². The fraction of sp³-hybridized carbons (Fsp3) is 0.0417. The number of phenols is 1. The lowest BCUT2D eigenvalue weighted by Crippen LogP contribution is -2.29. The van der Waals surface area contributed by atoms with Crippen LogP contribution in [0.1, 0.15) is 22.7 Å². The van der Waals surface area contributed by atoms with Gasteiger partial charge < -0.3 is 10.2 Å². The third-order valence-corrected chi connectivity index (χ3v) is 5.35. The number of rotatable bonds is 4. The summed E-state index contributed by atoms with van der Waals surface area (Å²) in [5.74, 6) is -3.89. The molecule has 0 radical (unpaired) electrons. The number of carbonyl (C=O) groups excluding carboxylic acids is 2. The summed E-state index contributed by atoms with van der Waals surface area (Å²) in [6, 6.07) is 14.2. The van der Waals surface area contributed by atoms with Crippen molar-refractivity contribution in [3.05, 3.63) is 105 Å². The summed E-state index contributed by atoms with van der Waals surface area (Å²) < 4.78 is 13.4. The predicted octanol–water partition coefficient (Wildman–Crippen LogP) is 3.94. The molecule has 0 bridgehead atoms. The maximum atomic E-state index is 13.4. The van der Waals surface area contributed by atoms with Crippen LogP contribution in [0.25, 0.3) is 5.76 Å². The first-order valence-corrected chi connectivity index (χ1v) is 9.77. The second kappa shape index (κ2) is 8.48. The number of benzene rings is 3. The molecule has 1 fully saturated rings. The molecular formula is C24H14FN3O6. The van der Waals surface area contributed by atoms with Crippen molar-refractivity contribution >= 4 is 28.8 Å². The topological polar surface area (TPSA) is 145 Å². The number of hydrogen-bond donors (Lipinski definition) is 2. The van der Waals surface area contributed by atoms with Gasteiger partial charge in [-0.25, -0.2) is 4.39 Å². The fourth-order valence-corrected chi connectivity index (χ4v) is 3.73. The molecule has 1 heterocycles. The van der Waals surface area contributed by atoms with Crippen LogP contribution in [0.4, 0.5) is 15.8 Å². The number of nitriles is 1. The van der Waals surface area contributed by atoms with Gasteiger partial charge in [-0.3, -0.25) is 24.6 Å². The van der Waals surface area contributed by atoms with Crippen LogP contribution in [0.15, 0.2) is 72.3 Å². The van der Waals surface area contributed by atoms with Crippen LogP contribution >= 0.6 is 0 Å². The molecule has 168 valence electrons. The Hall–Kier alpha value is -5.04. The molecule has 3 aromatic carbocycles. The Bertz CT molecular complexity index is 1410. The summed E-state index contributed by atoms with van der Waals surface area (Å²) in [5, 5.41) is 41.2.